The summed E-state index contributed by atoms with van der Waals surface area (Å²) in [7, 11) is -1.19. The van der Waals surface area contributed by atoms with Crippen LogP contribution in [-0.4, -0.2) is 26.1 Å². The van der Waals surface area contributed by atoms with Gasteiger partial charge in [-0.05, 0) is 25.7 Å². The number of carbonyl (C=O) groups excluding carboxylic acids is 1. The van der Waals surface area contributed by atoms with E-state index in [1.165, 1.54) is 19.3 Å². The van der Waals surface area contributed by atoms with Crippen LogP contribution in [0.1, 0.15) is 71.6 Å². The standard InChI is InChI=1S/C19H36O2Si/c1-6-8-9-10-11-17(20)14-19-13-16(15-22(3,4)5)12-18(7-2)21-19/h15,18-19H,6-14H2,1-5H3/b16-15+/t18-,19-/m0/s1. The van der Waals surface area contributed by atoms with Crippen molar-refractivity contribution >= 4 is 13.9 Å². The zero-order valence-corrected chi connectivity index (χ0v) is 16.4. The third-order valence-electron chi connectivity index (χ3n) is 4.22. The second kappa shape index (κ2) is 9.66. The van der Waals surface area contributed by atoms with Crippen molar-refractivity contribution in [3.63, 3.8) is 0 Å². The summed E-state index contributed by atoms with van der Waals surface area (Å²) in [5.41, 5.74) is 4.07. The van der Waals surface area contributed by atoms with E-state index in [9.17, 15) is 4.79 Å². The third kappa shape index (κ3) is 8.28. The van der Waals surface area contributed by atoms with E-state index in [2.05, 4.69) is 39.2 Å². The number of ether oxygens (including phenoxy) is 1. The predicted octanol–water partition coefficient (Wildman–Crippen LogP) is 5.68. The molecule has 1 saturated heterocycles. The van der Waals surface area contributed by atoms with Crippen LogP contribution in [0.2, 0.25) is 19.6 Å². The monoisotopic (exact) mass is 324 g/mol. The molecule has 0 spiro atoms. The summed E-state index contributed by atoms with van der Waals surface area (Å²) in [4.78, 5) is 12.2. The third-order valence-corrected chi connectivity index (χ3v) is 5.50. The molecule has 0 aliphatic carbocycles. The van der Waals surface area contributed by atoms with Gasteiger partial charge in [-0.2, -0.15) is 0 Å². The Balaban J connectivity index is 2.51. The van der Waals surface area contributed by atoms with Crippen LogP contribution in [-0.2, 0) is 9.53 Å². The van der Waals surface area contributed by atoms with Gasteiger partial charge in [0.05, 0.1) is 20.3 Å². The van der Waals surface area contributed by atoms with E-state index < -0.39 is 8.07 Å². The van der Waals surface area contributed by atoms with E-state index in [0.29, 0.717) is 18.3 Å². The Morgan fingerprint density at radius 2 is 1.82 bits per heavy atom. The summed E-state index contributed by atoms with van der Waals surface area (Å²) in [6, 6.07) is 0. The van der Waals surface area contributed by atoms with Gasteiger partial charge in [-0.1, -0.05) is 64.0 Å². The Kier molecular flexibility index (Phi) is 8.62. The van der Waals surface area contributed by atoms with E-state index >= 15 is 0 Å². The van der Waals surface area contributed by atoms with E-state index in [-0.39, 0.29) is 6.10 Å². The summed E-state index contributed by atoms with van der Waals surface area (Å²) in [5, 5.41) is 0. The average Bonchev–Trinajstić information content (AvgIpc) is 2.41. The minimum Gasteiger partial charge on any atom is -0.374 e. The lowest BCUT2D eigenvalue weighted by Gasteiger charge is -2.32. The van der Waals surface area contributed by atoms with Crippen molar-refractivity contribution in [1.82, 2.24) is 0 Å². The maximum atomic E-state index is 12.2. The molecule has 1 aliphatic heterocycles. The molecule has 0 unspecified atom stereocenters. The fourth-order valence-electron chi connectivity index (χ4n) is 3.23. The maximum absolute atomic E-state index is 12.2. The van der Waals surface area contributed by atoms with Crippen LogP contribution in [0.25, 0.3) is 0 Å². The quantitative estimate of drug-likeness (QED) is 0.403. The molecule has 0 N–H and O–H groups in total. The van der Waals surface area contributed by atoms with Crippen LogP contribution < -0.4 is 0 Å². The molecule has 0 radical (unpaired) electrons. The summed E-state index contributed by atoms with van der Waals surface area (Å²) < 4.78 is 6.13. The minimum absolute atomic E-state index is 0.125. The topological polar surface area (TPSA) is 26.3 Å². The van der Waals surface area contributed by atoms with Crippen LogP contribution in [0.5, 0.6) is 0 Å². The zero-order chi connectivity index (χ0) is 16.6. The summed E-state index contributed by atoms with van der Waals surface area (Å²) in [5.74, 6) is 0.394. The molecule has 128 valence electrons. The molecular weight excluding hydrogens is 288 g/mol. The van der Waals surface area contributed by atoms with Gasteiger partial charge in [-0.25, -0.2) is 0 Å². The predicted molar refractivity (Wildman–Crippen MR) is 98.0 cm³/mol. The van der Waals surface area contributed by atoms with Gasteiger partial charge in [0.25, 0.3) is 0 Å². The number of Topliss-reactive ketones (excluding diaryl/α,β-unsaturated/α-hetero) is 1. The van der Waals surface area contributed by atoms with Crippen LogP contribution >= 0.6 is 0 Å². The average molecular weight is 325 g/mol. The van der Waals surface area contributed by atoms with Crippen molar-refractivity contribution < 1.29 is 9.53 Å². The summed E-state index contributed by atoms with van der Waals surface area (Å²) >= 11 is 0. The number of carbonyl (C=O) groups is 1. The van der Waals surface area contributed by atoms with Gasteiger partial charge in [0.2, 0.25) is 0 Å². The first-order valence-electron chi connectivity index (χ1n) is 9.21. The van der Waals surface area contributed by atoms with E-state index in [4.69, 9.17) is 4.74 Å². The molecule has 2 nitrogen and oxygen atoms in total. The normalized spacial score (nSPS) is 24.7. The Morgan fingerprint density at radius 3 is 2.41 bits per heavy atom. The first-order valence-corrected chi connectivity index (χ1v) is 12.8. The molecule has 0 aromatic carbocycles. The van der Waals surface area contributed by atoms with Crippen LogP contribution in [0.4, 0.5) is 0 Å². The van der Waals surface area contributed by atoms with Crippen molar-refractivity contribution in [2.45, 2.75) is 103 Å². The molecular formula is C19H36O2Si. The highest BCUT2D eigenvalue weighted by Gasteiger charge is 2.27. The van der Waals surface area contributed by atoms with Gasteiger partial charge in [-0.3, -0.25) is 4.79 Å². The second-order valence-corrected chi connectivity index (χ2v) is 12.9. The molecule has 0 aromatic heterocycles. The lowest BCUT2D eigenvalue weighted by Crippen LogP contribution is -2.31. The van der Waals surface area contributed by atoms with E-state index in [1.54, 1.807) is 5.57 Å². The second-order valence-electron chi connectivity index (χ2n) is 7.92. The first-order chi connectivity index (χ1) is 10.3. The molecule has 1 heterocycles. The number of rotatable bonds is 9. The minimum atomic E-state index is -1.19. The van der Waals surface area contributed by atoms with Gasteiger partial charge in [0, 0.05) is 12.8 Å². The fourth-order valence-corrected chi connectivity index (χ4v) is 4.69. The lowest BCUT2D eigenvalue weighted by molar-refractivity contribution is -0.124. The van der Waals surface area contributed by atoms with Crippen molar-refractivity contribution in [2.24, 2.45) is 0 Å². The molecule has 1 aliphatic rings. The largest absolute Gasteiger partial charge is 0.374 e. The van der Waals surface area contributed by atoms with Gasteiger partial charge >= 0.3 is 0 Å². The smallest absolute Gasteiger partial charge is 0.135 e. The Hall–Kier alpha value is -0.413. The molecule has 0 saturated carbocycles. The summed E-state index contributed by atoms with van der Waals surface area (Å²) in [6.07, 6.45) is 9.59. The Bertz CT molecular complexity index is 368. The SMILES string of the molecule is CCCCCCC(=O)C[C@@H]1C/C(=C/[Si](C)(C)C)C[C@H](CC)O1. The Morgan fingerprint density at radius 1 is 1.14 bits per heavy atom. The van der Waals surface area contributed by atoms with E-state index in [0.717, 1.165) is 32.1 Å². The highest BCUT2D eigenvalue weighted by Crippen LogP contribution is 2.29. The van der Waals surface area contributed by atoms with Crippen LogP contribution in [0, 0.1) is 0 Å². The van der Waals surface area contributed by atoms with Gasteiger partial charge in [-0.15, -0.1) is 0 Å². The molecule has 3 heteroatoms. The number of unbranched alkanes of at least 4 members (excludes halogenated alkanes) is 3. The van der Waals surface area contributed by atoms with Crippen LogP contribution in [0.3, 0.4) is 0 Å². The number of ketones is 1. The maximum Gasteiger partial charge on any atom is 0.135 e. The number of hydrogen-bond acceptors (Lipinski definition) is 2. The first kappa shape index (κ1) is 19.6. The molecule has 0 aromatic rings. The lowest BCUT2D eigenvalue weighted by atomic mass is 9.94. The zero-order valence-electron chi connectivity index (χ0n) is 15.4. The molecule has 1 rings (SSSR count). The highest BCUT2D eigenvalue weighted by atomic mass is 28.3. The molecule has 0 bridgehead atoms. The fraction of sp³-hybridized carbons (Fsp3) is 0.842. The van der Waals surface area contributed by atoms with Gasteiger partial charge < -0.3 is 4.74 Å². The van der Waals surface area contributed by atoms with E-state index in [1.807, 2.05) is 0 Å². The number of hydrogen-bond donors (Lipinski definition) is 0. The molecule has 2 atom stereocenters. The van der Waals surface area contributed by atoms with Gasteiger partial charge in [0.1, 0.15) is 5.78 Å². The summed E-state index contributed by atoms with van der Waals surface area (Å²) in [6.45, 7) is 11.5. The molecule has 22 heavy (non-hydrogen) atoms. The highest BCUT2D eigenvalue weighted by molar-refractivity contribution is 6.81. The van der Waals surface area contributed by atoms with Crippen molar-refractivity contribution in [2.75, 3.05) is 0 Å². The van der Waals surface area contributed by atoms with Gasteiger partial charge in [0.15, 0.2) is 0 Å². The van der Waals surface area contributed by atoms with Crippen molar-refractivity contribution in [3.8, 4) is 0 Å². The van der Waals surface area contributed by atoms with Crippen molar-refractivity contribution in [1.29, 1.82) is 0 Å². The molecule has 0 amide bonds. The Labute approximate surface area is 138 Å². The van der Waals surface area contributed by atoms with Crippen LogP contribution in [0.15, 0.2) is 11.3 Å². The van der Waals surface area contributed by atoms with Crippen molar-refractivity contribution in [3.05, 3.63) is 11.3 Å². The molecule has 1 fully saturated rings.